The third kappa shape index (κ3) is 3.37. The second kappa shape index (κ2) is 6.93. The van der Waals surface area contributed by atoms with Crippen LogP contribution in [-0.2, 0) is 11.3 Å². The Balaban J connectivity index is 2.57. The number of ether oxygens (including phenoxy) is 1. The summed E-state index contributed by atoms with van der Waals surface area (Å²) in [6, 6.07) is 6.82. The van der Waals surface area contributed by atoms with Crippen LogP contribution >= 0.6 is 23.2 Å². The molecule has 0 atom stereocenters. The van der Waals surface area contributed by atoms with E-state index in [4.69, 9.17) is 27.9 Å². The molecule has 0 radical (unpaired) electrons. The molecule has 0 bridgehead atoms. The van der Waals surface area contributed by atoms with Crippen molar-refractivity contribution in [3.05, 3.63) is 55.3 Å². The summed E-state index contributed by atoms with van der Waals surface area (Å²) in [6.07, 6.45) is 0. The molecule has 0 saturated heterocycles. The van der Waals surface area contributed by atoms with Crippen LogP contribution in [0.5, 0.6) is 0 Å². The molecule has 1 heterocycles. The fraction of sp³-hybridized carbons (Fsp3) is 0.286. The molecule has 1 aromatic heterocycles. The molecular weight excluding hydrogens is 315 g/mol. The summed E-state index contributed by atoms with van der Waals surface area (Å²) in [7, 11) is 0. The van der Waals surface area contributed by atoms with Crippen molar-refractivity contribution in [3.8, 4) is 11.1 Å². The number of nitrogens with one attached hydrogen (secondary N) is 1. The first-order valence-electron chi connectivity index (χ1n) is 6.41. The van der Waals surface area contributed by atoms with Gasteiger partial charge in [0.2, 0.25) is 0 Å². The lowest BCUT2D eigenvalue weighted by Gasteiger charge is -2.10. The Bertz CT molecular complexity index is 753. The lowest BCUT2D eigenvalue weighted by Crippen LogP contribution is -2.37. The monoisotopic (exact) mass is 328 g/mol. The van der Waals surface area contributed by atoms with Gasteiger partial charge < -0.3 is 4.74 Å². The Hall–Kier alpha value is -1.56. The first kappa shape index (κ1) is 15.8. The largest absolute Gasteiger partial charge is 0.380 e. The van der Waals surface area contributed by atoms with Crippen molar-refractivity contribution in [2.75, 3.05) is 13.2 Å². The second-order valence-corrected chi connectivity index (χ2v) is 5.04. The van der Waals surface area contributed by atoms with E-state index in [0.29, 0.717) is 17.2 Å². The average molecular weight is 329 g/mol. The van der Waals surface area contributed by atoms with Gasteiger partial charge in [-0.1, -0.05) is 41.4 Å². The van der Waals surface area contributed by atoms with Crippen molar-refractivity contribution in [2.24, 2.45) is 0 Å². The van der Waals surface area contributed by atoms with Gasteiger partial charge in [-0.2, -0.15) is 0 Å². The van der Waals surface area contributed by atoms with Gasteiger partial charge in [0.15, 0.2) is 0 Å². The number of H-pyrrole nitrogens is 1. The van der Waals surface area contributed by atoms with E-state index >= 15 is 0 Å². The summed E-state index contributed by atoms with van der Waals surface area (Å²) in [6.45, 7) is 2.77. The van der Waals surface area contributed by atoms with Crippen LogP contribution in [0, 0.1) is 0 Å². The van der Waals surface area contributed by atoms with Gasteiger partial charge in [0.05, 0.1) is 18.7 Å². The summed E-state index contributed by atoms with van der Waals surface area (Å²) >= 11 is 12.1. The van der Waals surface area contributed by atoms with Gasteiger partial charge >= 0.3 is 5.69 Å². The van der Waals surface area contributed by atoms with Gasteiger partial charge in [-0.25, -0.2) is 4.79 Å². The van der Waals surface area contributed by atoms with E-state index in [1.807, 2.05) is 6.92 Å². The zero-order valence-electron chi connectivity index (χ0n) is 11.4. The molecule has 0 aliphatic carbocycles. The Kier molecular flexibility index (Phi) is 5.22. The molecule has 0 aliphatic rings. The Labute approximate surface area is 131 Å². The van der Waals surface area contributed by atoms with Crippen molar-refractivity contribution < 1.29 is 4.74 Å². The van der Waals surface area contributed by atoms with Crippen LogP contribution in [-0.4, -0.2) is 22.8 Å². The average Bonchev–Trinajstić information content (AvgIpc) is 2.44. The van der Waals surface area contributed by atoms with Crippen LogP contribution in [0.15, 0.2) is 33.9 Å². The quantitative estimate of drug-likeness (QED) is 0.677. The zero-order chi connectivity index (χ0) is 15.4. The number of hydrogen-bond acceptors (Lipinski definition) is 3. The van der Waals surface area contributed by atoms with E-state index in [-0.39, 0.29) is 23.9 Å². The van der Waals surface area contributed by atoms with Crippen LogP contribution in [0.1, 0.15) is 6.92 Å². The molecule has 0 amide bonds. The van der Waals surface area contributed by atoms with Crippen molar-refractivity contribution in [1.29, 1.82) is 0 Å². The van der Waals surface area contributed by atoms with Crippen LogP contribution in [0.3, 0.4) is 0 Å². The molecule has 112 valence electrons. The maximum absolute atomic E-state index is 12.5. The molecule has 7 heteroatoms. The highest BCUT2D eigenvalue weighted by molar-refractivity contribution is 6.35. The molecule has 5 nitrogen and oxygen atoms in total. The molecule has 2 aromatic rings. The van der Waals surface area contributed by atoms with Crippen molar-refractivity contribution >= 4 is 23.2 Å². The summed E-state index contributed by atoms with van der Waals surface area (Å²) in [4.78, 5) is 26.8. The fourth-order valence-electron chi connectivity index (χ4n) is 1.95. The molecule has 0 fully saturated rings. The Morgan fingerprint density at radius 1 is 1.24 bits per heavy atom. The third-order valence-electron chi connectivity index (χ3n) is 2.95. The first-order valence-corrected chi connectivity index (χ1v) is 7.17. The minimum atomic E-state index is -0.569. The van der Waals surface area contributed by atoms with E-state index in [2.05, 4.69) is 4.98 Å². The summed E-state index contributed by atoms with van der Waals surface area (Å²) in [5, 5.41) is 0.366. The first-order chi connectivity index (χ1) is 10.1. The van der Waals surface area contributed by atoms with E-state index in [1.165, 1.54) is 0 Å². The van der Waals surface area contributed by atoms with Gasteiger partial charge in [-0.3, -0.25) is 14.3 Å². The molecule has 1 aromatic carbocycles. The second-order valence-electron chi connectivity index (χ2n) is 4.25. The standard InChI is InChI=1S/C14H14Cl2N2O3/c1-2-21-8-7-18-13(19)11(12(16)17-14(18)20)9-5-3-4-6-10(9)15/h3-6H,2,7-8H2,1H3,(H,17,20). The maximum Gasteiger partial charge on any atom is 0.329 e. The summed E-state index contributed by atoms with van der Waals surface area (Å²) in [5.41, 5.74) is -0.397. The van der Waals surface area contributed by atoms with Crippen molar-refractivity contribution in [3.63, 3.8) is 0 Å². The number of rotatable bonds is 5. The minimum absolute atomic E-state index is 0.0224. The van der Waals surface area contributed by atoms with Crippen molar-refractivity contribution in [1.82, 2.24) is 9.55 Å². The number of benzene rings is 1. The SMILES string of the molecule is CCOCCn1c(=O)[nH]c(Cl)c(-c2ccccc2Cl)c1=O. The van der Waals surface area contributed by atoms with Crippen LogP contribution in [0.2, 0.25) is 10.2 Å². The van der Waals surface area contributed by atoms with E-state index in [1.54, 1.807) is 24.3 Å². The summed E-state index contributed by atoms with van der Waals surface area (Å²) in [5.74, 6) is 0. The lowest BCUT2D eigenvalue weighted by molar-refractivity contribution is 0.137. The van der Waals surface area contributed by atoms with Gasteiger partial charge in [0.1, 0.15) is 5.15 Å². The Morgan fingerprint density at radius 2 is 1.95 bits per heavy atom. The number of nitrogens with zero attached hydrogens (tertiary/aromatic N) is 1. The number of aromatic nitrogens is 2. The molecule has 0 unspecified atom stereocenters. The van der Waals surface area contributed by atoms with Gasteiger partial charge in [-0.15, -0.1) is 0 Å². The predicted molar refractivity (Wildman–Crippen MR) is 83.3 cm³/mol. The van der Waals surface area contributed by atoms with Crippen molar-refractivity contribution in [2.45, 2.75) is 13.5 Å². The predicted octanol–water partition coefficient (Wildman–Crippen LogP) is 2.55. The van der Waals surface area contributed by atoms with E-state index < -0.39 is 11.2 Å². The molecule has 1 N–H and O–H groups in total. The van der Waals surface area contributed by atoms with Crippen LogP contribution < -0.4 is 11.2 Å². The van der Waals surface area contributed by atoms with Crippen LogP contribution in [0.25, 0.3) is 11.1 Å². The topological polar surface area (TPSA) is 64.1 Å². The molecule has 0 spiro atoms. The normalized spacial score (nSPS) is 10.8. The molecular formula is C14H14Cl2N2O3. The Morgan fingerprint density at radius 3 is 2.62 bits per heavy atom. The van der Waals surface area contributed by atoms with E-state index in [9.17, 15) is 9.59 Å². The highest BCUT2D eigenvalue weighted by Gasteiger charge is 2.16. The van der Waals surface area contributed by atoms with Gasteiger partial charge in [0, 0.05) is 17.2 Å². The number of halogens is 2. The zero-order valence-corrected chi connectivity index (χ0v) is 12.9. The lowest BCUT2D eigenvalue weighted by atomic mass is 10.1. The highest BCUT2D eigenvalue weighted by atomic mass is 35.5. The number of aromatic amines is 1. The third-order valence-corrected chi connectivity index (χ3v) is 3.56. The smallest absolute Gasteiger partial charge is 0.329 e. The van der Waals surface area contributed by atoms with Gasteiger partial charge in [0.25, 0.3) is 5.56 Å². The van der Waals surface area contributed by atoms with E-state index in [0.717, 1.165) is 4.57 Å². The molecule has 0 aliphatic heterocycles. The number of hydrogen-bond donors (Lipinski definition) is 1. The van der Waals surface area contributed by atoms with Gasteiger partial charge in [-0.05, 0) is 13.0 Å². The minimum Gasteiger partial charge on any atom is -0.380 e. The maximum atomic E-state index is 12.5. The molecule has 0 saturated carbocycles. The fourth-order valence-corrected chi connectivity index (χ4v) is 2.44. The summed E-state index contributed by atoms with van der Waals surface area (Å²) < 4.78 is 6.23. The molecule has 2 rings (SSSR count). The highest BCUT2D eigenvalue weighted by Crippen LogP contribution is 2.28. The molecule has 21 heavy (non-hydrogen) atoms. The van der Waals surface area contributed by atoms with Crippen LogP contribution in [0.4, 0.5) is 0 Å².